The molecule has 0 aromatic heterocycles. The lowest BCUT2D eigenvalue weighted by Crippen LogP contribution is -2.03. The van der Waals surface area contributed by atoms with Gasteiger partial charge in [0.15, 0.2) is 5.78 Å². The molecule has 0 unspecified atom stereocenters. The zero-order valence-electron chi connectivity index (χ0n) is 12.4. The van der Waals surface area contributed by atoms with Gasteiger partial charge in [0.2, 0.25) is 0 Å². The second-order valence-electron chi connectivity index (χ2n) is 5.34. The second-order valence-corrected chi connectivity index (χ2v) is 6.32. The Labute approximate surface area is 139 Å². The third-order valence-corrected chi connectivity index (χ3v) is 4.33. The minimum Gasteiger partial charge on any atom is -0.507 e. The molecule has 0 fully saturated rings. The Morgan fingerprint density at radius 3 is 2.38 bits per heavy atom. The van der Waals surface area contributed by atoms with Crippen LogP contribution in [0.3, 0.4) is 0 Å². The van der Waals surface area contributed by atoms with E-state index < -0.39 is 22.3 Å². The molecule has 0 aliphatic heterocycles. The van der Waals surface area contributed by atoms with E-state index in [4.69, 9.17) is 0 Å². The van der Waals surface area contributed by atoms with Crippen molar-refractivity contribution < 1.29 is 22.7 Å². The van der Waals surface area contributed by atoms with Gasteiger partial charge in [0.1, 0.15) is 22.3 Å². The molecule has 0 atom stereocenters. The molecule has 0 radical (unpaired) electrons. The van der Waals surface area contributed by atoms with Crippen LogP contribution < -0.4 is 0 Å². The third-order valence-electron chi connectivity index (χ3n) is 3.71. The fourth-order valence-corrected chi connectivity index (χ4v) is 3.09. The molecule has 0 saturated carbocycles. The maximum atomic E-state index is 13.0. The molecular weight excluding hydrogens is 331 g/mol. The van der Waals surface area contributed by atoms with Crippen molar-refractivity contribution in [2.45, 2.75) is 5.75 Å². The molecule has 0 heterocycles. The van der Waals surface area contributed by atoms with Gasteiger partial charge in [-0.15, -0.1) is 0 Å². The highest BCUT2D eigenvalue weighted by Gasteiger charge is 2.17. The van der Waals surface area contributed by atoms with Crippen LogP contribution in [0.1, 0.15) is 21.5 Å². The molecule has 24 heavy (non-hydrogen) atoms. The van der Waals surface area contributed by atoms with Gasteiger partial charge < -0.3 is 5.11 Å². The van der Waals surface area contributed by atoms with Crippen molar-refractivity contribution in [1.82, 2.24) is 0 Å². The van der Waals surface area contributed by atoms with Crippen molar-refractivity contribution in [1.29, 1.82) is 0 Å². The Morgan fingerprint density at radius 1 is 1.00 bits per heavy atom. The Bertz CT molecular complexity index is 999. The fourth-order valence-electron chi connectivity index (χ4n) is 2.60. The first-order valence-corrected chi connectivity index (χ1v) is 8.48. The number of thiol groups is 1. The summed E-state index contributed by atoms with van der Waals surface area (Å²) in [5.74, 6) is -1.15. The van der Waals surface area contributed by atoms with E-state index in [0.717, 1.165) is 0 Å². The lowest BCUT2D eigenvalue weighted by molar-refractivity contribution is 0.103. The van der Waals surface area contributed by atoms with Crippen molar-refractivity contribution in [2.24, 2.45) is 0 Å². The first-order chi connectivity index (χ1) is 11.5. The molecule has 3 aromatic rings. The predicted molar refractivity (Wildman–Crippen MR) is 89.5 cm³/mol. The van der Waals surface area contributed by atoms with Gasteiger partial charge in [0, 0.05) is 5.56 Å². The largest absolute Gasteiger partial charge is 0.507 e. The number of rotatable bonds is 4. The monoisotopic (exact) mass is 344 g/mol. The summed E-state index contributed by atoms with van der Waals surface area (Å²) in [7, 11) is -2.55. The molecular formula is C18H13FO4S. The van der Waals surface area contributed by atoms with Gasteiger partial charge in [0.25, 0.3) is 0 Å². The third kappa shape index (κ3) is 3.14. The van der Waals surface area contributed by atoms with E-state index in [0.29, 0.717) is 16.3 Å². The Balaban J connectivity index is 2.14. The van der Waals surface area contributed by atoms with Crippen molar-refractivity contribution in [3.63, 3.8) is 0 Å². The molecule has 6 heteroatoms. The fraction of sp³-hybridized carbons (Fsp3) is 0.0556. The van der Waals surface area contributed by atoms with E-state index >= 15 is 0 Å². The van der Waals surface area contributed by atoms with Crippen LogP contribution in [-0.2, 0) is 16.5 Å². The van der Waals surface area contributed by atoms with Crippen LogP contribution in [-0.4, -0.2) is 19.3 Å². The molecule has 0 aliphatic carbocycles. The summed E-state index contributed by atoms with van der Waals surface area (Å²) in [6.45, 7) is 0. The van der Waals surface area contributed by atoms with Crippen LogP contribution in [0.5, 0.6) is 5.75 Å². The first-order valence-electron chi connectivity index (χ1n) is 7.12. The number of phenolic OH excluding ortho intramolecular Hbond substituents is 1. The molecule has 0 aliphatic rings. The van der Waals surface area contributed by atoms with Crippen LogP contribution in [0.15, 0.2) is 54.6 Å². The molecule has 3 rings (SSSR count). The zero-order chi connectivity index (χ0) is 17.3. The van der Waals surface area contributed by atoms with Gasteiger partial charge in [-0.3, -0.25) is 4.79 Å². The van der Waals surface area contributed by atoms with Crippen molar-refractivity contribution >= 4 is 27.3 Å². The lowest BCUT2D eigenvalue weighted by atomic mass is 9.95. The first kappa shape index (κ1) is 16.1. The Hall–Kier alpha value is -2.73. The van der Waals surface area contributed by atoms with Gasteiger partial charge in [0.05, 0.1) is 11.3 Å². The summed E-state index contributed by atoms with van der Waals surface area (Å²) >= 11 is 0. The SMILES string of the molecule is O=C(c1ccc(F)cc1)c1c(O)ccc2cc(C[SH](=O)=O)ccc12. The van der Waals surface area contributed by atoms with Crippen LogP contribution >= 0.6 is 0 Å². The topological polar surface area (TPSA) is 71.4 Å². The minimum atomic E-state index is -2.55. The zero-order valence-corrected chi connectivity index (χ0v) is 13.3. The predicted octanol–water partition coefficient (Wildman–Crippen LogP) is 3.03. The highest BCUT2D eigenvalue weighted by atomic mass is 32.2. The van der Waals surface area contributed by atoms with E-state index in [9.17, 15) is 22.7 Å². The number of carbonyl (C=O) groups excluding carboxylic acids is 1. The van der Waals surface area contributed by atoms with E-state index in [1.165, 1.54) is 30.3 Å². The van der Waals surface area contributed by atoms with Gasteiger partial charge in [-0.2, -0.15) is 0 Å². The van der Waals surface area contributed by atoms with Crippen molar-refractivity contribution in [2.75, 3.05) is 0 Å². The standard InChI is InChI=1S/C18H13FO4S/c19-14-5-2-12(3-6-14)18(21)17-15-7-1-11(10-24(22)23)9-13(15)4-8-16(17)20/h1-9,20,24H,10H2. The van der Waals surface area contributed by atoms with E-state index in [1.54, 1.807) is 24.3 Å². The summed E-state index contributed by atoms with van der Waals surface area (Å²) in [6.07, 6.45) is 0. The molecule has 4 nitrogen and oxygen atoms in total. The number of halogens is 1. The molecule has 1 N–H and O–H groups in total. The van der Waals surface area contributed by atoms with Crippen LogP contribution in [0.2, 0.25) is 0 Å². The van der Waals surface area contributed by atoms with E-state index in [1.807, 2.05) is 0 Å². The number of hydrogen-bond acceptors (Lipinski definition) is 4. The molecule has 0 spiro atoms. The average molecular weight is 344 g/mol. The summed E-state index contributed by atoms with van der Waals surface area (Å²) in [5.41, 5.74) is 0.965. The van der Waals surface area contributed by atoms with Crippen LogP contribution in [0.25, 0.3) is 10.8 Å². The Morgan fingerprint density at radius 2 is 1.71 bits per heavy atom. The summed E-state index contributed by atoms with van der Waals surface area (Å²) in [4.78, 5) is 12.7. The number of fused-ring (bicyclic) bond motifs is 1. The Kier molecular flexibility index (Phi) is 4.31. The highest BCUT2D eigenvalue weighted by Crippen LogP contribution is 2.30. The lowest BCUT2D eigenvalue weighted by Gasteiger charge is -2.09. The summed E-state index contributed by atoms with van der Waals surface area (Å²) in [6, 6.07) is 13.0. The van der Waals surface area contributed by atoms with Crippen molar-refractivity contribution in [3.8, 4) is 5.75 Å². The van der Waals surface area contributed by atoms with E-state index in [2.05, 4.69) is 0 Å². The maximum Gasteiger partial charge on any atom is 0.197 e. The van der Waals surface area contributed by atoms with Gasteiger partial charge in [-0.1, -0.05) is 24.3 Å². The average Bonchev–Trinajstić information content (AvgIpc) is 2.54. The maximum absolute atomic E-state index is 13.0. The summed E-state index contributed by atoms with van der Waals surface area (Å²) in [5, 5.41) is 11.3. The molecule has 0 saturated heterocycles. The second kappa shape index (κ2) is 6.41. The smallest absolute Gasteiger partial charge is 0.197 e. The normalized spacial score (nSPS) is 11.1. The van der Waals surface area contributed by atoms with Crippen molar-refractivity contribution in [3.05, 3.63) is 77.1 Å². The highest BCUT2D eigenvalue weighted by molar-refractivity contribution is 7.71. The van der Waals surface area contributed by atoms with Gasteiger partial charge in [-0.05, 0) is 46.7 Å². The quantitative estimate of drug-likeness (QED) is 0.564. The van der Waals surface area contributed by atoms with Gasteiger partial charge in [-0.25, -0.2) is 12.8 Å². The van der Waals surface area contributed by atoms with Crippen LogP contribution in [0, 0.1) is 5.82 Å². The number of hydrogen-bond donors (Lipinski definition) is 2. The molecule has 3 aromatic carbocycles. The van der Waals surface area contributed by atoms with E-state index in [-0.39, 0.29) is 22.6 Å². The minimum absolute atomic E-state index is 0.0899. The van der Waals surface area contributed by atoms with Crippen LogP contribution in [0.4, 0.5) is 4.39 Å². The number of aromatic hydroxyl groups is 1. The molecule has 0 bridgehead atoms. The van der Waals surface area contributed by atoms with Gasteiger partial charge >= 0.3 is 0 Å². The molecule has 0 amide bonds. The number of carbonyl (C=O) groups is 1. The number of ketones is 1. The number of benzene rings is 3. The summed E-state index contributed by atoms with van der Waals surface area (Å²) < 4.78 is 34.7. The molecule has 122 valence electrons. The number of phenols is 1.